The van der Waals surface area contributed by atoms with Crippen LogP contribution in [0.1, 0.15) is 20.8 Å². The molecule has 1 N–H and O–H groups in total. The van der Waals surface area contributed by atoms with E-state index in [1.54, 1.807) is 13.8 Å². The number of carbonyl (C=O) groups is 2. The highest BCUT2D eigenvalue weighted by Gasteiger charge is 2.43. The molecule has 17 heavy (non-hydrogen) atoms. The first-order valence-corrected chi connectivity index (χ1v) is 5.14. The average Bonchev–Trinajstić information content (AvgIpc) is 2.13. The zero-order valence-corrected chi connectivity index (χ0v) is 9.91. The molecule has 7 heteroatoms. The summed E-state index contributed by atoms with van der Waals surface area (Å²) in [6.45, 7) is 4.02. The first kappa shape index (κ1) is 15.7. The molecule has 0 heterocycles. The van der Waals surface area contributed by atoms with Crippen molar-refractivity contribution in [3.63, 3.8) is 0 Å². The molecule has 0 aromatic carbocycles. The Morgan fingerprint density at radius 2 is 1.65 bits per heavy atom. The lowest BCUT2D eigenvalue weighted by atomic mass is 10.1. The van der Waals surface area contributed by atoms with Crippen molar-refractivity contribution in [3.8, 4) is 0 Å². The number of carbonyl (C=O) groups excluding carboxylic acids is 1. The summed E-state index contributed by atoms with van der Waals surface area (Å²) in [5.74, 6) is -4.41. The molecule has 0 saturated heterocycles. The van der Waals surface area contributed by atoms with Gasteiger partial charge in [0.15, 0.2) is 0 Å². The Bertz CT molecular complexity index is 289. The molecular weight excluding hydrogens is 239 g/mol. The highest BCUT2D eigenvalue weighted by molar-refractivity contribution is 5.82. The summed E-state index contributed by atoms with van der Waals surface area (Å²) >= 11 is 0. The van der Waals surface area contributed by atoms with E-state index in [9.17, 15) is 22.8 Å². The molecule has 0 aliphatic carbocycles. The Morgan fingerprint density at radius 1 is 1.18 bits per heavy atom. The molecule has 0 radical (unpaired) electrons. The number of aliphatic carboxylic acids is 1. The third-order valence-corrected chi connectivity index (χ3v) is 2.03. The number of amides is 1. The van der Waals surface area contributed by atoms with Crippen LogP contribution in [0.4, 0.5) is 13.2 Å². The second kappa shape index (κ2) is 5.88. The number of alkyl halides is 3. The summed E-state index contributed by atoms with van der Waals surface area (Å²) in [6.07, 6.45) is -4.97. The van der Waals surface area contributed by atoms with Gasteiger partial charge in [-0.1, -0.05) is 20.8 Å². The molecule has 4 nitrogen and oxygen atoms in total. The summed E-state index contributed by atoms with van der Waals surface area (Å²) in [5, 5.41) is 8.63. The van der Waals surface area contributed by atoms with Crippen molar-refractivity contribution < 1.29 is 27.9 Å². The maximum Gasteiger partial charge on any atom is 0.471 e. The molecule has 0 aliphatic rings. The first-order chi connectivity index (χ1) is 7.55. The van der Waals surface area contributed by atoms with Gasteiger partial charge in [-0.2, -0.15) is 13.2 Å². The van der Waals surface area contributed by atoms with Crippen LogP contribution in [0, 0.1) is 11.8 Å². The molecule has 0 spiro atoms. The molecule has 0 rings (SSSR count). The van der Waals surface area contributed by atoms with Crippen LogP contribution in [0.25, 0.3) is 0 Å². The minimum absolute atomic E-state index is 0.115. The lowest BCUT2D eigenvalue weighted by Crippen LogP contribution is -2.45. The van der Waals surface area contributed by atoms with Crippen LogP contribution < -0.4 is 0 Å². The van der Waals surface area contributed by atoms with Gasteiger partial charge in [-0.15, -0.1) is 0 Å². The highest BCUT2D eigenvalue weighted by atomic mass is 19.4. The Balaban J connectivity index is 4.77. The Hall–Kier alpha value is -1.27. The van der Waals surface area contributed by atoms with Crippen LogP contribution in [0.3, 0.4) is 0 Å². The van der Waals surface area contributed by atoms with Gasteiger partial charge >= 0.3 is 18.1 Å². The van der Waals surface area contributed by atoms with E-state index in [2.05, 4.69) is 0 Å². The summed E-state index contributed by atoms with van der Waals surface area (Å²) in [5.41, 5.74) is 0. The maximum absolute atomic E-state index is 12.3. The lowest BCUT2D eigenvalue weighted by Gasteiger charge is -2.26. The molecule has 1 atom stereocenters. The van der Waals surface area contributed by atoms with E-state index in [-0.39, 0.29) is 12.5 Å². The molecule has 1 unspecified atom stereocenters. The monoisotopic (exact) mass is 255 g/mol. The third-order valence-electron chi connectivity index (χ3n) is 2.03. The summed E-state index contributed by atoms with van der Waals surface area (Å²) < 4.78 is 36.8. The van der Waals surface area contributed by atoms with E-state index in [1.807, 2.05) is 0 Å². The number of nitrogens with zero attached hydrogens (tertiary/aromatic N) is 1. The van der Waals surface area contributed by atoms with E-state index in [0.29, 0.717) is 4.90 Å². The van der Waals surface area contributed by atoms with Crippen LogP contribution in [-0.2, 0) is 9.59 Å². The Kier molecular flexibility index (Phi) is 5.44. The van der Waals surface area contributed by atoms with E-state index >= 15 is 0 Å². The normalized spacial score (nSPS) is 13.6. The second-order valence-electron chi connectivity index (χ2n) is 4.34. The SMILES string of the molecule is CC(C)CN(CC(C)C(=O)O)C(=O)C(F)(F)F. The van der Waals surface area contributed by atoms with Gasteiger partial charge in [-0.3, -0.25) is 9.59 Å². The maximum atomic E-state index is 12.3. The highest BCUT2D eigenvalue weighted by Crippen LogP contribution is 2.20. The first-order valence-electron chi connectivity index (χ1n) is 5.14. The number of halogens is 3. The number of hydrogen-bond donors (Lipinski definition) is 1. The molecular formula is C10H16F3NO3. The van der Waals surface area contributed by atoms with Crippen molar-refractivity contribution in [3.05, 3.63) is 0 Å². The fourth-order valence-corrected chi connectivity index (χ4v) is 1.27. The van der Waals surface area contributed by atoms with Crippen molar-refractivity contribution in [1.29, 1.82) is 0 Å². The van der Waals surface area contributed by atoms with Crippen molar-refractivity contribution in [2.45, 2.75) is 26.9 Å². The van der Waals surface area contributed by atoms with E-state index in [4.69, 9.17) is 5.11 Å². The quantitative estimate of drug-likeness (QED) is 0.814. The van der Waals surface area contributed by atoms with Crippen LogP contribution >= 0.6 is 0 Å². The van der Waals surface area contributed by atoms with Gasteiger partial charge in [0.2, 0.25) is 0 Å². The Labute approximate surface area is 97.4 Å². The predicted molar refractivity (Wildman–Crippen MR) is 54.3 cm³/mol. The van der Waals surface area contributed by atoms with Crippen molar-refractivity contribution >= 4 is 11.9 Å². The third kappa shape index (κ3) is 5.55. The summed E-state index contributed by atoms with van der Waals surface area (Å²) in [6, 6.07) is 0. The number of rotatable bonds is 5. The van der Waals surface area contributed by atoms with Crippen molar-refractivity contribution in [1.82, 2.24) is 4.90 Å². The molecule has 100 valence electrons. The zero-order valence-electron chi connectivity index (χ0n) is 9.91. The fourth-order valence-electron chi connectivity index (χ4n) is 1.27. The van der Waals surface area contributed by atoms with E-state index in [0.717, 1.165) is 0 Å². The molecule has 0 aromatic rings. The predicted octanol–water partition coefficient (Wildman–Crippen LogP) is 1.75. The zero-order chi connectivity index (χ0) is 13.8. The van der Waals surface area contributed by atoms with Gasteiger partial charge < -0.3 is 10.0 Å². The number of carboxylic acid groups (broad SMARTS) is 1. The molecule has 0 fully saturated rings. The molecule has 0 aliphatic heterocycles. The Morgan fingerprint density at radius 3 is 1.94 bits per heavy atom. The molecule has 0 bridgehead atoms. The van der Waals surface area contributed by atoms with Crippen LogP contribution in [0.15, 0.2) is 0 Å². The van der Waals surface area contributed by atoms with Gasteiger partial charge in [-0.25, -0.2) is 0 Å². The topological polar surface area (TPSA) is 57.6 Å². The van der Waals surface area contributed by atoms with Gasteiger partial charge in [0.05, 0.1) is 5.92 Å². The lowest BCUT2D eigenvalue weighted by molar-refractivity contribution is -0.186. The smallest absolute Gasteiger partial charge is 0.471 e. The minimum Gasteiger partial charge on any atom is -0.481 e. The van der Waals surface area contributed by atoms with Gasteiger partial charge in [-0.05, 0) is 5.92 Å². The van der Waals surface area contributed by atoms with E-state index in [1.165, 1.54) is 6.92 Å². The second-order valence-corrected chi connectivity index (χ2v) is 4.34. The molecule has 0 aromatic heterocycles. The van der Waals surface area contributed by atoms with Crippen molar-refractivity contribution in [2.75, 3.05) is 13.1 Å². The standard InChI is InChI=1S/C10H16F3NO3/c1-6(2)4-14(5-7(3)8(15)16)9(17)10(11,12)13/h6-7H,4-5H2,1-3H3,(H,15,16). The minimum atomic E-state index is -4.97. The number of carboxylic acids is 1. The largest absolute Gasteiger partial charge is 0.481 e. The van der Waals surface area contributed by atoms with Crippen LogP contribution in [0.2, 0.25) is 0 Å². The molecule has 0 saturated carbocycles. The van der Waals surface area contributed by atoms with Crippen LogP contribution in [0.5, 0.6) is 0 Å². The van der Waals surface area contributed by atoms with Gasteiger partial charge in [0.25, 0.3) is 0 Å². The van der Waals surface area contributed by atoms with E-state index < -0.39 is 30.5 Å². The van der Waals surface area contributed by atoms with Gasteiger partial charge in [0.1, 0.15) is 0 Å². The average molecular weight is 255 g/mol. The van der Waals surface area contributed by atoms with Gasteiger partial charge in [0, 0.05) is 13.1 Å². The number of hydrogen-bond acceptors (Lipinski definition) is 2. The fraction of sp³-hybridized carbons (Fsp3) is 0.800. The van der Waals surface area contributed by atoms with Crippen molar-refractivity contribution in [2.24, 2.45) is 11.8 Å². The molecule has 1 amide bonds. The summed E-state index contributed by atoms with van der Waals surface area (Å²) in [4.78, 5) is 22.2. The summed E-state index contributed by atoms with van der Waals surface area (Å²) in [7, 11) is 0. The van der Waals surface area contributed by atoms with Crippen LogP contribution in [-0.4, -0.2) is 41.1 Å².